The van der Waals surface area contributed by atoms with Gasteiger partial charge in [0.1, 0.15) is 5.82 Å². The third kappa shape index (κ3) is 3.71. The highest BCUT2D eigenvalue weighted by Gasteiger charge is 2.15. The average molecular weight is 325 g/mol. The van der Waals surface area contributed by atoms with Gasteiger partial charge in [0.25, 0.3) is 5.91 Å². The molecule has 7 heteroatoms. The molecule has 0 spiro atoms. The molecule has 0 atom stereocenters. The highest BCUT2D eigenvalue weighted by atomic mass is 35.5. The van der Waals surface area contributed by atoms with Crippen LogP contribution < -0.4 is 10.6 Å². The Balaban J connectivity index is 2.21. The van der Waals surface area contributed by atoms with Crippen molar-refractivity contribution in [1.29, 1.82) is 0 Å². The topological polar surface area (TPSA) is 66.9 Å². The lowest BCUT2D eigenvalue weighted by molar-refractivity contribution is 0.102. The maximum atomic E-state index is 12.3. The summed E-state index contributed by atoms with van der Waals surface area (Å²) in [5.74, 6) is 0.342. The van der Waals surface area contributed by atoms with Gasteiger partial charge in [-0.15, -0.1) is 11.3 Å². The van der Waals surface area contributed by atoms with Crippen LogP contribution in [0.3, 0.4) is 0 Å². The van der Waals surface area contributed by atoms with E-state index in [-0.39, 0.29) is 5.91 Å². The minimum Gasteiger partial charge on any atom is -0.370 e. The minimum atomic E-state index is -0.280. The molecule has 0 radical (unpaired) electrons. The molecule has 0 saturated carbocycles. The summed E-state index contributed by atoms with van der Waals surface area (Å²) in [6.07, 6.45) is 2.32. The van der Waals surface area contributed by atoms with Crippen LogP contribution in [0, 0.1) is 6.92 Å². The van der Waals surface area contributed by atoms with Crippen molar-refractivity contribution in [1.82, 2.24) is 9.97 Å². The molecule has 0 bridgehead atoms. The molecule has 2 heterocycles. The van der Waals surface area contributed by atoms with Gasteiger partial charge in [0.2, 0.25) is 0 Å². The number of carbonyl (C=O) groups is 1. The number of pyridine rings is 1. The van der Waals surface area contributed by atoms with Gasteiger partial charge in [-0.2, -0.15) is 0 Å². The van der Waals surface area contributed by atoms with Crippen molar-refractivity contribution < 1.29 is 4.79 Å². The zero-order chi connectivity index (χ0) is 15.4. The van der Waals surface area contributed by atoms with Gasteiger partial charge in [-0.25, -0.2) is 9.97 Å². The summed E-state index contributed by atoms with van der Waals surface area (Å²) in [6.45, 7) is 6.72. The number of halogens is 1. The van der Waals surface area contributed by atoms with Gasteiger partial charge >= 0.3 is 0 Å². The van der Waals surface area contributed by atoms with E-state index < -0.39 is 0 Å². The molecule has 0 fully saturated rings. The maximum absolute atomic E-state index is 12.3. The lowest BCUT2D eigenvalue weighted by Gasteiger charge is -2.07. The van der Waals surface area contributed by atoms with E-state index >= 15 is 0 Å². The van der Waals surface area contributed by atoms with Crippen molar-refractivity contribution in [3.8, 4) is 0 Å². The van der Waals surface area contributed by atoms with E-state index in [0.29, 0.717) is 21.5 Å². The van der Waals surface area contributed by atoms with E-state index in [1.165, 1.54) is 17.5 Å². The summed E-state index contributed by atoms with van der Waals surface area (Å²) in [5.41, 5.74) is 1.39. The van der Waals surface area contributed by atoms with E-state index in [0.717, 1.165) is 23.5 Å². The number of nitrogens with zero attached hydrogens (tertiary/aromatic N) is 2. The minimum absolute atomic E-state index is 0.280. The molecule has 0 aliphatic heterocycles. The van der Waals surface area contributed by atoms with Crippen molar-refractivity contribution in [2.45, 2.75) is 27.2 Å². The van der Waals surface area contributed by atoms with Crippen LogP contribution in [0.4, 0.5) is 10.9 Å². The molecule has 0 saturated heterocycles. The first-order valence-electron chi connectivity index (χ1n) is 6.72. The summed E-state index contributed by atoms with van der Waals surface area (Å²) < 4.78 is 0. The number of aryl methyl sites for hydroxylation is 2. The molecule has 0 aliphatic carbocycles. The number of rotatable bonds is 5. The third-order valence-corrected chi connectivity index (χ3v) is 4.14. The molecule has 0 aliphatic rings. The number of aromatic nitrogens is 2. The number of carbonyl (C=O) groups excluding carboxylic acids is 1. The zero-order valence-corrected chi connectivity index (χ0v) is 13.7. The molecule has 0 unspecified atom stereocenters. The first-order valence-corrected chi connectivity index (χ1v) is 7.91. The first-order chi connectivity index (χ1) is 10.0. The van der Waals surface area contributed by atoms with Gasteiger partial charge in [-0.05, 0) is 26.3 Å². The average Bonchev–Trinajstić information content (AvgIpc) is 2.81. The maximum Gasteiger partial charge on any atom is 0.259 e. The summed E-state index contributed by atoms with van der Waals surface area (Å²) in [4.78, 5) is 21.9. The molecule has 2 aromatic heterocycles. The standard InChI is InChI=1S/C14H17ClN4OS/c1-4-11-8(3)21-14(18-11)19-13(20)9-6-12(16-5-2)17-7-10(9)15/h6-7H,4-5H2,1-3H3,(H,16,17)(H,18,19,20). The Kier molecular flexibility index (Phi) is 5.14. The molecule has 21 heavy (non-hydrogen) atoms. The van der Waals surface area contributed by atoms with Gasteiger partial charge in [-0.1, -0.05) is 18.5 Å². The van der Waals surface area contributed by atoms with Gasteiger partial charge < -0.3 is 5.32 Å². The molecule has 2 rings (SSSR count). The Labute approximate surface area is 132 Å². The van der Waals surface area contributed by atoms with Gasteiger partial charge in [0.15, 0.2) is 5.13 Å². The van der Waals surface area contributed by atoms with Crippen LogP contribution in [0.2, 0.25) is 5.02 Å². The molecule has 1 amide bonds. The lowest BCUT2D eigenvalue weighted by Crippen LogP contribution is -2.13. The molecule has 5 nitrogen and oxygen atoms in total. The Bertz CT molecular complexity index is 656. The Morgan fingerprint density at radius 2 is 2.19 bits per heavy atom. The van der Waals surface area contributed by atoms with Crippen molar-refractivity contribution in [3.63, 3.8) is 0 Å². The number of hydrogen-bond acceptors (Lipinski definition) is 5. The Hall–Kier alpha value is -1.66. The SMILES string of the molecule is CCNc1cc(C(=O)Nc2nc(CC)c(C)s2)c(Cl)cn1. The van der Waals surface area contributed by atoms with Crippen LogP contribution in [-0.4, -0.2) is 22.4 Å². The lowest BCUT2D eigenvalue weighted by atomic mass is 10.2. The number of amides is 1. The van der Waals surface area contributed by atoms with E-state index in [1.54, 1.807) is 6.07 Å². The molecule has 2 N–H and O–H groups in total. The smallest absolute Gasteiger partial charge is 0.259 e. The molecule has 0 aromatic carbocycles. The molecule has 2 aromatic rings. The molecule has 112 valence electrons. The predicted octanol–water partition coefficient (Wildman–Crippen LogP) is 3.75. The highest BCUT2D eigenvalue weighted by molar-refractivity contribution is 7.15. The van der Waals surface area contributed by atoms with Crippen LogP contribution >= 0.6 is 22.9 Å². The fourth-order valence-corrected chi connectivity index (χ4v) is 2.95. The fraction of sp³-hybridized carbons (Fsp3) is 0.357. The normalized spacial score (nSPS) is 10.5. The van der Waals surface area contributed by atoms with Crippen LogP contribution in [-0.2, 0) is 6.42 Å². The predicted molar refractivity (Wildman–Crippen MR) is 87.6 cm³/mol. The monoisotopic (exact) mass is 324 g/mol. The quantitative estimate of drug-likeness (QED) is 0.879. The second-order valence-corrected chi connectivity index (χ2v) is 6.02. The van der Waals surface area contributed by atoms with Crippen LogP contribution in [0.5, 0.6) is 0 Å². The summed E-state index contributed by atoms with van der Waals surface area (Å²) in [7, 11) is 0. The summed E-state index contributed by atoms with van der Waals surface area (Å²) in [6, 6.07) is 1.64. The van der Waals surface area contributed by atoms with E-state index in [2.05, 4.69) is 20.6 Å². The van der Waals surface area contributed by atoms with Gasteiger partial charge in [0, 0.05) is 17.6 Å². The van der Waals surface area contributed by atoms with Gasteiger partial charge in [0.05, 0.1) is 16.3 Å². The second-order valence-electron chi connectivity index (χ2n) is 4.41. The number of anilines is 2. The van der Waals surface area contributed by atoms with Crippen molar-refractivity contribution in [2.75, 3.05) is 17.2 Å². The van der Waals surface area contributed by atoms with Crippen LogP contribution in [0.25, 0.3) is 0 Å². The summed E-state index contributed by atoms with van der Waals surface area (Å²) >= 11 is 7.52. The largest absolute Gasteiger partial charge is 0.370 e. The van der Waals surface area contributed by atoms with Crippen LogP contribution in [0.1, 0.15) is 34.8 Å². The highest BCUT2D eigenvalue weighted by Crippen LogP contribution is 2.24. The number of hydrogen-bond donors (Lipinski definition) is 2. The van der Waals surface area contributed by atoms with E-state index in [1.807, 2.05) is 20.8 Å². The van der Waals surface area contributed by atoms with Crippen molar-refractivity contribution in [2.24, 2.45) is 0 Å². The zero-order valence-electron chi connectivity index (χ0n) is 12.2. The van der Waals surface area contributed by atoms with Gasteiger partial charge in [-0.3, -0.25) is 10.1 Å². The summed E-state index contributed by atoms with van der Waals surface area (Å²) in [5, 5.41) is 6.75. The van der Waals surface area contributed by atoms with Crippen molar-refractivity contribution in [3.05, 3.63) is 33.4 Å². The third-order valence-electron chi connectivity index (χ3n) is 2.91. The van der Waals surface area contributed by atoms with E-state index in [9.17, 15) is 4.79 Å². The van der Waals surface area contributed by atoms with Crippen LogP contribution in [0.15, 0.2) is 12.3 Å². The first kappa shape index (κ1) is 15.7. The number of thiazole rings is 1. The molecular formula is C14H17ClN4OS. The van der Waals surface area contributed by atoms with Crippen molar-refractivity contribution >= 4 is 39.8 Å². The fourth-order valence-electron chi connectivity index (χ4n) is 1.86. The second kappa shape index (κ2) is 6.87. The Morgan fingerprint density at radius 3 is 2.81 bits per heavy atom. The van der Waals surface area contributed by atoms with E-state index in [4.69, 9.17) is 11.6 Å². The Morgan fingerprint density at radius 1 is 1.43 bits per heavy atom. The number of nitrogens with one attached hydrogen (secondary N) is 2. The molecular weight excluding hydrogens is 308 g/mol.